The molecule has 0 unspecified atom stereocenters. The second-order valence-electron chi connectivity index (χ2n) is 18.5. The van der Waals surface area contributed by atoms with Crippen LogP contribution in [-0.2, 0) is 49.6 Å². The van der Waals surface area contributed by atoms with E-state index in [1.165, 1.54) is 4.90 Å². The fourth-order valence-electron chi connectivity index (χ4n) is 8.62. The van der Waals surface area contributed by atoms with Gasteiger partial charge in [-0.25, -0.2) is 0 Å². The standard InChI is InChI=1S/C48H79N11O11/c1-4-5-6-7-11-21-40(62)59(48(70)37(29-61)57-42(64)33-19-14-23-52-33)39(27-50)46(68)55-35(26-31-16-9-8-10-17-31)44(66)54-34(25-30(2)3)43(65)56-36(28-60)47(69)58-24-15-20-38(58)45(67)53-32(41(51)63)18-12-13-22-49/h8-10,16-17,30,32-39,52,60-61H,4-7,11-15,18-29,49-50H2,1-3H3,(H2,51,63)(H,53,67)(H,54,66)(H,55,68)(H,56,65)(H,57,64)/t32-,33-,34-,35-,36-,37-,38-,39-/m0/s1. The molecule has 2 aliphatic rings. The lowest BCUT2D eigenvalue weighted by Crippen LogP contribution is -2.64. The van der Waals surface area contributed by atoms with Crippen LogP contribution in [0.2, 0.25) is 0 Å². The number of carbonyl (C=O) groups is 9. The van der Waals surface area contributed by atoms with Gasteiger partial charge in [-0.3, -0.25) is 48.1 Å². The number of hydrogen-bond acceptors (Lipinski definition) is 14. The van der Waals surface area contributed by atoms with Crippen LogP contribution in [0, 0.1) is 5.92 Å². The van der Waals surface area contributed by atoms with Crippen LogP contribution in [0.15, 0.2) is 30.3 Å². The van der Waals surface area contributed by atoms with Crippen LogP contribution in [0.3, 0.4) is 0 Å². The Bertz CT molecular complexity index is 1880. The number of amides is 9. The van der Waals surface area contributed by atoms with Crippen LogP contribution >= 0.6 is 0 Å². The number of imide groups is 1. The number of carbonyl (C=O) groups excluding carboxylic acids is 9. The molecule has 8 atom stereocenters. The maximum atomic E-state index is 14.4. The first kappa shape index (κ1) is 58.8. The highest BCUT2D eigenvalue weighted by Crippen LogP contribution is 2.20. The molecule has 2 fully saturated rings. The topological polar surface area (TPSA) is 351 Å². The van der Waals surface area contributed by atoms with Crippen LogP contribution in [0.5, 0.6) is 0 Å². The van der Waals surface area contributed by atoms with Gasteiger partial charge in [-0.05, 0) is 82.4 Å². The summed E-state index contributed by atoms with van der Waals surface area (Å²) in [5.74, 6) is -7.42. The molecule has 2 heterocycles. The molecule has 22 heteroatoms. The predicted molar refractivity (Wildman–Crippen MR) is 259 cm³/mol. The zero-order valence-electron chi connectivity index (χ0n) is 41.1. The first-order chi connectivity index (χ1) is 33.5. The third-order valence-electron chi connectivity index (χ3n) is 12.5. The third kappa shape index (κ3) is 18.3. The largest absolute Gasteiger partial charge is 0.394 e. The van der Waals surface area contributed by atoms with Crippen molar-refractivity contribution in [1.29, 1.82) is 0 Å². The van der Waals surface area contributed by atoms with E-state index >= 15 is 0 Å². The summed E-state index contributed by atoms with van der Waals surface area (Å²) < 4.78 is 0. The van der Waals surface area contributed by atoms with Crippen molar-refractivity contribution in [2.45, 2.75) is 165 Å². The fourth-order valence-corrected chi connectivity index (χ4v) is 8.62. The highest BCUT2D eigenvalue weighted by Gasteiger charge is 2.42. The molecular weight excluding hydrogens is 907 g/mol. The Hall–Kier alpha value is -5.55. The molecule has 1 aromatic rings. The minimum absolute atomic E-state index is 0.0361. The van der Waals surface area contributed by atoms with Crippen LogP contribution in [0.25, 0.3) is 0 Å². The molecule has 0 saturated carbocycles. The lowest BCUT2D eigenvalue weighted by Gasteiger charge is -2.33. The summed E-state index contributed by atoms with van der Waals surface area (Å²) in [6, 6.07) is -1.64. The molecule has 9 amide bonds. The van der Waals surface area contributed by atoms with Crippen molar-refractivity contribution in [3.05, 3.63) is 35.9 Å². The minimum atomic E-state index is -1.70. The molecule has 0 aliphatic carbocycles. The van der Waals surface area contributed by atoms with E-state index in [1.807, 2.05) is 6.92 Å². The van der Waals surface area contributed by atoms with Crippen LogP contribution < -0.4 is 49.1 Å². The quantitative estimate of drug-likeness (QED) is 0.0362. The zero-order chi connectivity index (χ0) is 51.8. The minimum Gasteiger partial charge on any atom is -0.394 e. The Labute approximate surface area is 411 Å². The monoisotopic (exact) mass is 986 g/mol. The van der Waals surface area contributed by atoms with Gasteiger partial charge in [0, 0.05) is 25.9 Å². The van der Waals surface area contributed by atoms with Gasteiger partial charge in [-0.2, -0.15) is 0 Å². The van der Waals surface area contributed by atoms with E-state index in [2.05, 4.69) is 31.9 Å². The van der Waals surface area contributed by atoms with E-state index in [1.54, 1.807) is 44.2 Å². The lowest BCUT2D eigenvalue weighted by molar-refractivity contribution is -0.154. The summed E-state index contributed by atoms with van der Waals surface area (Å²) in [4.78, 5) is 125. The summed E-state index contributed by atoms with van der Waals surface area (Å²) in [6.07, 6.45) is 6.79. The highest BCUT2D eigenvalue weighted by molar-refractivity contribution is 6.04. The third-order valence-corrected chi connectivity index (χ3v) is 12.5. The number of aliphatic hydroxyl groups is 2. The van der Waals surface area contributed by atoms with Gasteiger partial charge in [-0.1, -0.05) is 76.8 Å². The number of rotatable bonds is 31. The summed E-state index contributed by atoms with van der Waals surface area (Å²) in [7, 11) is 0. The Balaban J connectivity index is 1.89. The maximum Gasteiger partial charge on any atom is 0.254 e. The van der Waals surface area contributed by atoms with Crippen molar-refractivity contribution in [1.82, 2.24) is 41.7 Å². The zero-order valence-corrected chi connectivity index (χ0v) is 41.1. The molecule has 2 aliphatic heterocycles. The number of unbranched alkanes of at least 4 members (excludes halogenated alkanes) is 5. The average molecular weight is 986 g/mol. The number of nitrogens with two attached hydrogens (primary N) is 3. The number of primary amides is 1. The molecule has 0 spiro atoms. The van der Waals surface area contributed by atoms with Crippen LogP contribution in [0.4, 0.5) is 0 Å². The molecule has 0 radical (unpaired) electrons. The second-order valence-corrected chi connectivity index (χ2v) is 18.5. The van der Waals surface area contributed by atoms with Gasteiger partial charge in [0.25, 0.3) is 5.91 Å². The Morgan fingerprint density at radius 2 is 1.39 bits per heavy atom. The molecule has 392 valence electrons. The van der Waals surface area contributed by atoms with Crippen LogP contribution in [-0.4, -0.2) is 161 Å². The highest BCUT2D eigenvalue weighted by atomic mass is 16.3. The SMILES string of the molecule is CCCCCCCC(=O)N(C(=O)[C@H](CO)NC(=O)[C@@H]1CCCN1)[C@@H](CN)C(=O)N[C@@H](Cc1ccccc1)C(=O)N[C@@H](CC(C)C)C(=O)N[C@@H](CO)C(=O)N1CCC[C@H]1C(=O)N[C@@H](CCCCN)C(N)=O. The van der Waals surface area contributed by atoms with Gasteiger partial charge in [0.2, 0.25) is 47.3 Å². The predicted octanol–water partition coefficient (Wildman–Crippen LogP) is -1.92. The summed E-state index contributed by atoms with van der Waals surface area (Å²) >= 11 is 0. The van der Waals surface area contributed by atoms with Crippen molar-refractivity contribution in [2.75, 3.05) is 39.4 Å². The normalized spacial score (nSPS) is 18.1. The molecular formula is C48H79N11O11. The van der Waals surface area contributed by atoms with E-state index in [9.17, 15) is 53.4 Å². The van der Waals surface area contributed by atoms with Gasteiger partial charge in [0.1, 0.15) is 42.3 Å². The van der Waals surface area contributed by atoms with Crippen molar-refractivity contribution in [3.8, 4) is 0 Å². The Morgan fingerprint density at radius 1 is 0.743 bits per heavy atom. The van der Waals surface area contributed by atoms with Gasteiger partial charge in [0.15, 0.2) is 0 Å². The number of hydrogen-bond donors (Lipinski definition) is 11. The van der Waals surface area contributed by atoms with E-state index in [0.29, 0.717) is 62.1 Å². The number of benzene rings is 1. The Kier molecular flexibility index (Phi) is 26.0. The first-order valence-corrected chi connectivity index (χ1v) is 24.9. The van der Waals surface area contributed by atoms with E-state index < -0.39 is 121 Å². The van der Waals surface area contributed by atoms with E-state index in [4.69, 9.17) is 17.2 Å². The van der Waals surface area contributed by atoms with Crippen molar-refractivity contribution in [3.63, 3.8) is 0 Å². The summed E-state index contributed by atoms with van der Waals surface area (Å²) in [5.41, 5.74) is 17.8. The molecule has 3 rings (SSSR count). The molecule has 1 aromatic carbocycles. The molecule has 14 N–H and O–H groups in total. The smallest absolute Gasteiger partial charge is 0.254 e. The molecule has 0 aromatic heterocycles. The fraction of sp³-hybridized carbons (Fsp3) is 0.688. The van der Waals surface area contributed by atoms with Crippen LogP contribution in [0.1, 0.15) is 116 Å². The van der Waals surface area contributed by atoms with Gasteiger partial charge in [-0.15, -0.1) is 0 Å². The summed E-state index contributed by atoms with van der Waals surface area (Å²) in [5, 5.41) is 36.8. The number of nitrogens with zero attached hydrogens (tertiary/aromatic N) is 2. The van der Waals surface area contributed by atoms with Gasteiger partial charge >= 0.3 is 0 Å². The molecule has 0 bridgehead atoms. The lowest BCUT2D eigenvalue weighted by atomic mass is 10.00. The number of aliphatic hydroxyl groups excluding tert-OH is 2. The number of likely N-dealkylation sites (tertiary alicyclic amines) is 1. The summed E-state index contributed by atoms with van der Waals surface area (Å²) in [6.45, 7) is 4.36. The molecule has 70 heavy (non-hydrogen) atoms. The Morgan fingerprint density at radius 3 is 1.99 bits per heavy atom. The van der Waals surface area contributed by atoms with Crippen molar-refractivity contribution in [2.24, 2.45) is 23.1 Å². The molecule has 22 nitrogen and oxygen atoms in total. The second kappa shape index (κ2) is 30.9. The van der Waals surface area contributed by atoms with Gasteiger partial charge < -0.3 is 64.2 Å². The van der Waals surface area contributed by atoms with Gasteiger partial charge in [0.05, 0.1) is 19.3 Å². The van der Waals surface area contributed by atoms with Crippen molar-refractivity contribution < 1.29 is 53.4 Å². The van der Waals surface area contributed by atoms with E-state index in [0.717, 1.165) is 25.7 Å². The first-order valence-electron chi connectivity index (χ1n) is 24.9. The van der Waals surface area contributed by atoms with E-state index in [-0.39, 0.29) is 44.6 Å². The van der Waals surface area contributed by atoms with Crippen molar-refractivity contribution >= 4 is 53.2 Å². The number of nitrogens with one attached hydrogen (secondary N) is 6. The maximum absolute atomic E-state index is 14.4. The average Bonchev–Trinajstić information content (AvgIpc) is 4.07. The molecule has 2 saturated heterocycles.